The van der Waals surface area contributed by atoms with E-state index in [1.807, 2.05) is 0 Å². The Labute approximate surface area is 50.1 Å². The molecule has 1 aromatic rings. The van der Waals surface area contributed by atoms with Crippen molar-refractivity contribution in [1.82, 2.24) is 15.0 Å². The number of aromatic nitrogens is 3. The molecule has 0 aliphatic carbocycles. The van der Waals surface area contributed by atoms with Crippen molar-refractivity contribution in [1.29, 1.82) is 0 Å². The molecule has 0 radical (unpaired) electrons. The third-order valence-corrected chi connectivity index (χ3v) is 0.953. The van der Waals surface area contributed by atoms with Gasteiger partial charge in [0.25, 0.3) is 5.95 Å². The summed E-state index contributed by atoms with van der Waals surface area (Å²) in [6.45, 7) is 0. The summed E-state index contributed by atoms with van der Waals surface area (Å²) in [6, 6.07) is 0. The highest BCUT2D eigenvalue weighted by molar-refractivity contribution is 6.29. The molecular weight excluding hydrogens is 133 g/mol. The second-order valence-electron chi connectivity index (χ2n) is 1.29. The molecule has 3 nitrogen and oxygen atoms in total. The maximum Gasteiger partial charge on any atom is 0.250 e. The zero-order valence-corrected chi connectivity index (χ0v) is 4.85. The SMILES string of the molecule is Cn1nnc(Cl)c1F. The van der Waals surface area contributed by atoms with E-state index in [9.17, 15) is 4.39 Å². The topological polar surface area (TPSA) is 30.7 Å². The quantitative estimate of drug-likeness (QED) is 0.522. The zero-order chi connectivity index (χ0) is 6.15. The monoisotopic (exact) mass is 135 g/mol. The van der Waals surface area contributed by atoms with Crippen LogP contribution in [0.2, 0.25) is 5.15 Å². The molecule has 0 aliphatic rings. The molecule has 8 heavy (non-hydrogen) atoms. The van der Waals surface area contributed by atoms with Gasteiger partial charge in [0.2, 0.25) is 5.15 Å². The lowest BCUT2D eigenvalue weighted by atomic mass is 10.9. The predicted molar refractivity (Wildman–Crippen MR) is 26.0 cm³/mol. The van der Waals surface area contributed by atoms with Gasteiger partial charge in [-0.2, -0.15) is 4.39 Å². The van der Waals surface area contributed by atoms with Crippen LogP contribution in [0.15, 0.2) is 0 Å². The Morgan fingerprint density at radius 1 is 1.75 bits per heavy atom. The van der Waals surface area contributed by atoms with Crippen LogP contribution in [0, 0.1) is 5.95 Å². The lowest BCUT2D eigenvalue weighted by Crippen LogP contribution is -1.92. The second-order valence-corrected chi connectivity index (χ2v) is 1.65. The highest BCUT2D eigenvalue weighted by Gasteiger charge is 2.03. The first-order chi connectivity index (χ1) is 3.72. The maximum atomic E-state index is 12.2. The van der Waals surface area contributed by atoms with Crippen LogP contribution in [-0.2, 0) is 7.05 Å². The Bertz CT molecular complexity index is 177. The Morgan fingerprint density at radius 3 is 2.50 bits per heavy atom. The summed E-state index contributed by atoms with van der Waals surface area (Å²) >= 11 is 5.16. The molecule has 0 saturated heterocycles. The Kier molecular flexibility index (Phi) is 1.17. The van der Waals surface area contributed by atoms with E-state index in [-0.39, 0.29) is 5.15 Å². The Balaban J connectivity index is 3.19. The number of aryl methyl sites for hydroxylation is 1. The first kappa shape index (κ1) is 5.50. The Morgan fingerprint density at radius 2 is 2.38 bits per heavy atom. The van der Waals surface area contributed by atoms with Crippen LogP contribution < -0.4 is 0 Å². The molecule has 0 aliphatic heterocycles. The summed E-state index contributed by atoms with van der Waals surface area (Å²) < 4.78 is 13.2. The fraction of sp³-hybridized carbons (Fsp3) is 0.333. The van der Waals surface area contributed by atoms with Crippen LogP contribution in [0.25, 0.3) is 0 Å². The minimum absolute atomic E-state index is 0.187. The van der Waals surface area contributed by atoms with Crippen molar-refractivity contribution in [2.75, 3.05) is 0 Å². The zero-order valence-electron chi connectivity index (χ0n) is 4.10. The van der Waals surface area contributed by atoms with E-state index < -0.39 is 5.95 Å². The average molecular weight is 136 g/mol. The van der Waals surface area contributed by atoms with Gasteiger partial charge in [0, 0.05) is 7.05 Å². The molecule has 0 bridgehead atoms. The second kappa shape index (κ2) is 1.70. The van der Waals surface area contributed by atoms with Crippen LogP contribution >= 0.6 is 11.6 Å². The smallest absolute Gasteiger partial charge is 0.221 e. The molecule has 1 rings (SSSR count). The molecule has 1 aromatic heterocycles. The standard InChI is InChI=1S/C3H3ClFN3/c1-8-3(5)2(4)6-7-8/h1H3. The van der Waals surface area contributed by atoms with Gasteiger partial charge in [0.15, 0.2) is 0 Å². The lowest BCUT2D eigenvalue weighted by Gasteiger charge is -1.81. The summed E-state index contributed by atoms with van der Waals surface area (Å²) in [7, 11) is 1.42. The molecule has 0 fully saturated rings. The predicted octanol–water partition coefficient (Wildman–Crippen LogP) is 0.608. The van der Waals surface area contributed by atoms with Crippen LogP contribution in [0.3, 0.4) is 0 Å². The van der Waals surface area contributed by atoms with E-state index in [2.05, 4.69) is 10.3 Å². The number of hydrogen-bond donors (Lipinski definition) is 0. The molecule has 0 N–H and O–H groups in total. The summed E-state index contributed by atoms with van der Waals surface area (Å²) in [4.78, 5) is 0. The van der Waals surface area contributed by atoms with Crippen molar-refractivity contribution in [3.63, 3.8) is 0 Å². The molecule has 44 valence electrons. The van der Waals surface area contributed by atoms with Gasteiger partial charge in [0.1, 0.15) is 0 Å². The molecule has 0 spiro atoms. The van der Waals surface area contributed by atoms with E-state index in [4.69, 9.17) is 11.6 Å². The summed E-state index contributed by atoms with van der Waals surface area (Å²) in [5.41, 5.74) is 0. The van der Waals surface area contributed by atoms with Crippen molar-refractivity contribution in [3.05, 3.63) is 11.1 Å². The van der Waals surface area contributed by atoms with Crippen molar-refractivity contribution in [3.8, 4) is 0 Å². The van der Waals surface area contributed by atoms with Gasteiger partial charge < -0.3 is 0 Å². The van der Waals surface area contributed by atoms with Gasteiger partial charge >= 0.3 is 0 Å². The number of halogens is 2. The van der Waals surface area contributed by atoms with E-state index in [1.54, 1.807) is 0 Å². The molecule has 0 unspecified atom stereocenters. The van der Waals surface area contributed by atoms with Crippen molar-refractivity contribution in [2.24, 2.45) is 7.05 Å². The molecule has 0 amide bonds. The third-order valence-electron chi connectivity index (χ3n) is 0.721. The highest BCUT2D eigenvalue weighted by atomic mass is 35.5. The highest BCUT2D eigenvalue weighted by Crippen LogP contribution is 2.05. The summed E-state index contributed by atoms with van der Waals surface area (Å²) in [5.74, 6) is -0.605. The fourth-order valence-corrected chi connectivity index (χ4v) is 0.477. The maximum absolute atomic E-state index is 12.2. The number of rotatable bonds is 0. The van der Waals surface area contributed by atoms with Crippen molar-refractivity contribution < 1.29 is 4.39 Å². The van der Waals surface area contributed by atoms with Gasteiger partial charge in [-0.25, -0.2) is 4.68 Å². The van der Waals surface area contributed by atoms with Crippen molar-refractivity contribution >= 4 is 11.6 Å². The van der Waals surface area contributed by atoms with E-state index in [1.165, 1.54) is 7.05 Å². The molecule has 5 heteroatoms. The number of nitrogens with zero attached hydrogens (tertiary/aromatic N) is 3. The van der Waals surface area contributed by atoms with Gasteiger partial charge in [-0.05, 0) is 0 Å². The minimum atomic E-state index is -0.605. The molecule has 0 atom stereocenters. The van der Waals surface area contributed by atoms with Crippen LogP contribution in [0.5, 0.6) is 0 Å². The normalized spacial score (nSPS) is 9.88. The fourth-order valence-electron chi connectivity index (χ4n) is 0.320. The number of hydrogen-bond acceptors (Lipinski definition) is 2. The molecule has 1 heterocycles. The third kappa shape index (κ3) is 0.667. The average Bonchev–Trinajstić information content (AvgIpc) is 1.98. The molecule has 0 saturated carbocycles. The Hall–Kier alpha value is -0.640. The van der Waals surface area contributed by atoms with Gasteiger partial charge in [0.05, 0.1) is 0 Å². The molecule has 0 aromatic carbocycles. The van der Waals surface area contributed by atoms with Gasteiger partial charge in [-0.15, -0.1) is 5.10 Å². The van der Waals surface area contributed by atoms with E-state index in [0.29, 0.717) is 0 Å². The molecular formula is C3H3ClFN3. The van der Waals surface area contributed by atoms with Crippen LogP contribution in [0.1, 0.15) is 0 Å². The van der Waals surface area contributed by atoms with Gasteiger partial charge in [-0.3, -0.25) is 0 Å². The van der Waals surface area contributed by atoms with E-state index in [0.717, 1.165) is 4.68 Å². The van der Waals surface area contributed by atoms with Crippen LogP contribution in [-0.4, -0.2) is 15.0 Å². The van der Waals surface area contributed by atoms with E-state index >= 15 is 0 Å². The summed E-state index contributed by atoms with van der Waals surface area (Å²) in [6.07, 6.45) is 0. The summed E-state index contributed by atoms with van der Waals surface area (Å²) in [5, 5.41) is 6.31. The first-order valence-corrected chi connectivity index (χ1v) is 2.30. The van der Waals surface area contributed by atoms with Crippen LogP contribution in [0.4, 0.5) is 4.39 Å². The largest absolute Gasteiger partial charge is 0.250 e. The minimum Gasteiger partial charge on any atom is -0.221 e. The van der Waals surface area contributed by atoms with Crippen molar-refractivity contribution in [2.45, 2.75) is 0 Å². The van der Waals surface area contributed by atoms with Gasteiger partial charge in [-0.1, -0.05) is 16.8 Å². The lowest BCUT2D eigenvalue weighted by molar-refractivity contribution is 0.501. The first-order valence-electron chi connectivity index (χ1n) is 1.92.